The van der Waals surface area contributed by atoms with Gasteiger partial charge in [-0.3, -0.25) is 4.68 Å². The Hall–Kier alpha value is -2.50. The predicted octanol–water partition coefficient (Wildman–Crippen LogP) is 3.22. The second-order valence-corrected chi connectivity index (χ2v) is 6.97. The van der Waals surface area contributed by atoms with Crippen molar-refractivity contribution in [1.29, 1.82) is 0 Å². The predicted molar refractivity (Wildman–Crippen MR) is 101 cm³/mol. The molecule has 0 unspecified atom stereocenters. The number of urea groups is 1. The Morgan fingerprint density at radius 3 is 2.96 bits per heavy atom. The van der Waals surface area contributed by atoms with Crippen molar-refractivity contribution in [3.63, 3.8) is 0 Å². The molecule has 1 aromatic heterocycles. The van der Waals surface area contributed by atoms with Gasteiger partial charge < -0.3 is 15.0 Å². The van der Waals surface area contributed by atoms with Gasteiger partial charge in [-0.05, 0) is 48.6 Å². The molecular formula is C20H28N4O2. The second-order valence-electron chi connectivity index (χ2n) is 6.97. The van der Waals surface area contributed by atoms with Crippen molar-refractivity contribution in [3.8, 4) is 5.75 Å². The first-order valence-electron chi connectivity index (χ1n) is 9.30. The van der Waals surface area contributed by atoms with Crippen LogP contribution in [-0.2, 0) is 13.6 Å². The van der Waals surface area contributed by atoms with Crippen LogP contribution in [0.3, 0.4) is 0 Å². The molecule has 2 amide bonds. The fourth-order valence-corrected chi connectivity index (χ4v) is 3.33. The first-order valence-corrected chi connectivity index (χ1v) is 9.30. The maximum Gasteiger partial charge on any atom is 0.317 e. The minimum Gasteiger partial charge on any atom is -0.494 e. The van der Waals surface area contributed by atoms with E-state index < -0.39 is 0 Å². The van der Waals surface area contributed by atoms with Gasteiger partial charge in [0, 0.05) is 38.8 Å². The number of benzene rings is 1. The monoisotopic (exact) mass is 356 g/mol. The number of aryl methyl sites for hydroxylation is 2. The van der Waals surface area contributed by atoms with Crippen molar-refractivity contribution in [3.05, 3.63) is 47.3 Å². The van der Waals surface area contributed by atoms with Crippen LogP contribution in [0.2, 0.25) is 0 Å². The van der Waals surface area contributed by atoms with E-state index in [1.165, 1.54) is 5.56 Å². The summed E-state index contributed by atoms with van der Waals surface area (Å²) < 4.78 is 7.47. The van der Waals surface area contributed by atoms with Crippen LogP contribution in [0.1, 0.15) is 42.4 Å². The van der Waals surface area contributed by atoms with Crippen LogP contribution >= 0.6 is 0 Å². The van der Waals surface area contributed by atoms with E-state index in [2.05, 4.69) is 24.3 Å². The van der Waals surface area contributed by atoms with E-state index in [-0.39, 0.29) is 6.03 Å². The number of carbonyl (C=O) groups is 1. The molecule has 1 aliphatic rings. The number of aromatic nitrogens is 2. The second kappa shape index (κ2) is 8.25. The molecule has 1 N–H and O–H groups in total. The molecule has 140 valence electrons. The highest BCUT2D eigenvalue weighted by Crippen LogP contribution is 2.26. The normalized spacial score (nSPS) is 16.7. The molecule has 2 heterocycles. The number of hydrogen-bond donors (Lipinski definition) is 1. The summed E-state index contributed by atoms with van der Waals surface area (Å²) >= 11 is 0. The van der Waals surface area contributed by atoms with Crippen molar-refractivity contribution < 1.29 is 9.53 Å². The van der Waals surface area contributed by atoms with Gasteiger partial charge in [0.15, 0.2) is 0 Å². The molecule has 26 heavy (non-hydrogen) atoms. The summed E-state index contributed by atoms with van der Waals surface area (Å²) in [6.07, 6.45) is 5.92. The Morgan fingerprint density at radius 1 is 1.42 bits per heavy atom. The van der Waals surface area contributed by atoms with Gasteiger partial charge in [-0.1, -0.05) is 13.0 Å². The van der Waals surface area contributed by atoms with Crippen molar-refractivity contribution >= 4 is 6.03 Å². The minimum absolute atomic E-state index is 0.00194. The van der Waals surface area contributed by atoms with Crippen molar-refractivity contribution in [1.82, 2.24) is 20.0 Å². The molecule has 1 atom stereocenters. The average Bonchev–Trinajstić information content (AvgIpc) is 3.28. The van der Waals surface area contributed by atoms with E-state index in [0.717, 1.165) is 49.4 Å². The zero-order valence-corrected chi connectivity index (χ0v) is 15.9. The van der Waals surface area contributed by atoms with Crippen LogP contribution in [0.15, 0.2) is 30.6 Å². The molecular weight excluding hydrogens is 328 g/mol. The third-order valence-corrected chi connectivity index (χ3v) is 4.89. The molecule has 1 saturated heterocycles. The zero-order chi connectivity index (χ0) is 18.5. The first kappa shape index (κ1) is 18.3. The molecule has 1 aromatic carbocycles. The van der Waals surface area contributed by atoms with Crippen LogP contribution in [-0.4, -0.2) is 40.4 Å². The van der Waals surface area contributed by atoms with E-state index in [9.17, 15) is 4.79 Å². The number of nitrogens with one attached hydrogen (secondary N) is 1. The van der Waals surface area contributed by atoms with E-state index in [1.807, 2.05) is 47.2 Å². The third kappa shape index (κ3) is 4.36. The van der Waals surface area contributed by atoms with E-state index >= 15 is 0 Å². The summed E-state index contributed by atoms with van der Waals surface area (Å²) in [7, 11) is 1.92. The van der Waals surface area contributed by atoms with Gasteiger partial charge in [-0.2, -0.15) is 5.10 Å². The summed E-state index contributed by atoms with van der Waals surface area (Å²) in [5.41, 5.74) is 3.46. The maximum absolute atomic E-state index is 12.5. The lowest BCUT2D eigenvalue weighted by Crippen LogP contribution is -2.38. The average molecular weight is 356 g/mol. The Kier molecular flexibility index (Phi) is 5.81. The van der Waals surface area contributed by atoms with Gasteiger partial charge in [0.2, 0.25) is 0 Å². The summed E-state index contributed by atoms with van der Waals surface area (Å²) in [6.45, 7) is 6.94. The van der Waals surface area contributed by atoms with Crippen LogP contribution in [0.5, 0.6) is 5.75 Å². The Bertz CT molecular complexity index is 756. The van der Waals surface area contributed by atoms with E-state index in [0.29, 0.717) is 12.5 Å². The van der Waals surface area contributed by atoms with Gasteiger partial charge in [0.25, 0.3) is 0 Å². The van der Waals surface area contributed by atoms with Crippen LogP contribution in [0.4, 0.5) is 4.79 Å². The lowest BCUT2D eigenvalue weighted by atomic mass is 10.0. The van der Waals surface area contributed by atoms with Gasteiger partial charge in [-0.25, -0.2) is 4.79 Å². The Labute approximate surface area is 155 Å². The number of hydrogen-bond acceptors (Lipinski definition) is 3. The smallest absolute Gasteiger partial charge is 0.317 e. The zero-order valence-electron chi connectivity index (χ0n) is 15.9. The SMILES string of the molecule is CCCOc1ccc(CNC(=O)N2CC[C@H](c3cnn(C)c3)C2)c(C)c1. The molecule has 0 bridgehead atoms. The number of likely N-dealkylation sites (tertiary alicyclic amines) is 1. The minimum atomic E-state index is 0.00194. The lowest BCUT2D eigenvalue weighted by Gasteiger charge is -2.18. The fourth-order valence-electron chi connectivity index (χ4n) is 3.33. The van der Waals surface area contributed by atoms with Gasteiger partial charge in [-0.15, -0.1) is 0 Å². The van der Waals surface area contributed by atoms with E-state index in [4.69, 9.17) is 4.74 Å². The van der Waals surface area contributed by atoms with Gasteiger partial charge >= 0.3 is 6.03 Å². The molecule has 3 rings (SSSR count). The van der Waals surface area contributed by atoms with Crippen molar-refractivity contribution in [2.75, 3.05) is 19.7 Å². The quantitative estimate of drug-likeness (QED) is 0.864. The van der Waals surface area contributed by atoms with Crippen LogP contribution in [0.25, 0.3) is 0 Å². The molecule has 0 aliphatic carbocycles. The molecule has 0 radical (unpaired) electrons. The van der Waals surface area contributed by atoms with Gasteiger partial charge in [0.1, 0.15) is 5.75 Å². The highest BCUT2D eigenvalue weighted by atomic mass is 16.5. The summed E-state index contributed by atoms with van der Waals surface area (Å²) in [4.78, 5) is 14.4. The molecule has 0 saturated carbocycles. The van der Waals surface area contributed by atoms with E-state index in [1.54, 1.807) is 0 Å². The van der Waals surface area contributed by atoms with Gasteiger partial charge in [0.05, 0.1) is 12.8 Å². The fraction of sp³-hybridized carbons (Fsp3) is 0.500. The standard InChI is InChI=1S/C20H28N4O2/c1-4-9-26-19-6-5-16(15(2)10-19)11-21-20(25)24-8-7-17(14-24)18-12-22-23(3)13-18/h5-6,10,12-13,17H,4,7-9,11,14H2,1-3H3,(H,21,25)/t17-/m0/s1. The van der Waals surface area contributed by atoms with Crippen molar-refractivity contribution in [2.24, 2.45) is 7.05 Å². The molecule has 1 aliphatic heterocycles. The van der Waals surface area contributed by atoms with Crippen LogP contribution < -0.4 is 10.1 Å². The number of rotatable bonds is 6. The van der Waals surface area contributed by atoms with Crippen LogP contribution in [0, 0.1) is 6.92 Å². The topological polar surface area (TPSA) is 59.4 Å². The maximum atomic E-state index is 12.5. The first-order chi connectivity index (χ1) is 12.6. The molecule has 2 aromatic rings. The molecule has 6 heteroatoms. The number of amides is 2. The lowest BCUT2D eigenvalue weighted by molar-refractivity contribution is 0.208. The highest BCUT2D eigenvalue weighted by Gasteiger charge is 2.27. The molecule has 0 spiro atoms. The molecule has 6 nitrogen and oxygen atoms in total. The largest absolute Gasteiger partial charge is 0.494 e. The number of nitrogens with zero attached hydrogens (tertiary/aromatic N) is 3. The summed E-state index contributed by atoms with van der Waals surface area (Å²) in [5, 5.41) is 7.28. The molecule has 1 fully saturated rings. The number of ether oxygens (including phenoxy) is 1. The highest BCUT2D eigenvalue weighted by molar-refractivity contribution is 5.74. The Balaban J connectivity index is 1.51. The summed E-state index contributed by atoms with van der Waals surface area (Å²) in [6, 6.07) is 6.04. The third-order valence-electron chi connectivity index (χ3n) is 4.89. The van der Waals surface area contributed by atoms with Crippen molar-refractivity contribution in [2.45, 2.75) is 39.2 Å². The number of carbonyl (C=O) groups excluding carboxylic acids is 1. The Morgan fingerprint density at radius 2 is 2.27 bits per heavy atom. The summed E-state index contributed by atoms with van der Waals surface area (Å²) in [5.74, 6) is 1.27.